The van der Waals surface area contributed by atoms with Crippen LogP contribution in [-0.2, 0) is 11.3 Å². The molecule has 0 atom stereocenters. The molecule has 1 aromatic rings. The van der Waals surface area contributed by atoms with E-state index in [1.807, 2.05) is 30.3 Å². The Morgan fingerprint density at radius 1 is 1.28 bits per heavy atom. The van der Waals surface area contributed by atoms with E-state index in [4.69, 9.17) is 4.74 Å². The molecule has 1 aromatic carbocycles. The van der Waals surface area contributed by atoms with Gasteiger partial charge < -0.3 is 15.4 Å². The van der Waals surface area contributed by atoms with E-state index < -0.39 is 0 Å². The molecular formula is C14H20N2O2. The number of hydrogen-bond donors (Lipinski definition) is 2. The van der Waals surface area contributed by atoms with Crippen LogP contribution in [0.1, 0.15) is 18.4 Å². The Labute approximate surface area is 108 Å². The average Bonchev–Trinajstić information content (AvgIpc) is 2.45. The van der Waals surface area contributed by atoms with Crippen molar-refractivity contribution in [3.05, 3.63) is 35.9 Å². The van der Waals surface area contributed by atoms with Gasteiger partial charge in [-0.05, 0) is 37.4 Å². The Kier molecular flexibility index (Phi) is 5.02. The molecule has 1 fully saturated rings. The van der Waals surface area contributed by atoms with Gasteiger partial charge in [0, 0.05) is 6.54 Å². The number of carbonyl (C=O) groups is 1. The normalized spacial score (nSPS) is 16.2. The van der Waals surface area contributed by atoms with Crippen molar-refractivity contribution in [2.24, 2.45) is 5.92 Å². The molecule has 1 saturated heterocycles. The largest absolute Gasteiger partial charge is 0.445 e. The second-order valence-electron chi connectivity index (χ2n) is 4.64. The molecule has 0 aliphatic carbocycles. The maximum Gasteiger partial charge on any atom is 0.407 e. The number of piperidine rings is 1. The van der Waals surface area contributed by atoms with Crippen molar-refractivity contribution in [1.29, 1.82) is 0 Å². The van der Waals surface area contributed by atoms with Gasteiger partial charge in [-0.2, -0.15) is 0 Å². The van der Waals surface area contributed by atoms with E-state index in [1.54, 1.807) is 0 Å². The van der Waals surface area contributed by atoms with E-state index in [-0.39, 0.29) is 6.09 Å². The van der Waals surface area contributed by atoms with E-state index in [1.165, 1.54) is 0 Å². The molecule has 2 rings (SSSR count). The lowest BCUT2D eigenvalue weighted by atomic mass is 9.98. The molecule has 1 aliphatic rings. The fourth-order valence-corrected chi connectivity index (χ4v) is 2.09. The Morgan fingerprint density at radius 3 is 2.72 bits per heavy atom. The maximum absolute atomic E-state index is 11.5. The summed E-state index contributed by atoms with van der Waals surface area (Å²) in [5.74, 6) is 0.579. The summed E-state index contributed by atoms with van der Waals surface area (Å²) in [6.07, 6.45) is 1.93. The molecular weight excluding hydrogens is 228 g/mol. The lowest BCUT2D eigenvalue weighted by Crippen LogP contribution is -2.36. The molecule has 4 heteroatoms. The molecule has 0 aromatic heterocycles. The molecule has 0 saturated carbocycles. The van der Waals surface area contributed by atoms with E-state index >= 15 is 0 Å². The topological polar surface area (TPSA) is 50.4 Å². The van der Waals surface area contributed by atoms with Gasteiger partial charge >= 0.3 is 6.09 Å². The highest BCUT2D eigenvalue weighted by Crippen LogP contribution is 2.09. The maximum atomic E-state index is 11.5. The second kappa shape index (κ2) is 7.01. The lowest BCUT2D eigenvalue weighted by Gasteiger charge is -2.22. The van der Waals surface area contributed by atoms with Gasteiger partial charge in [-0.1, -0.05) is 30.3 Å². The van der Waals surface area contributed by atoms with Crippen LogP contribution >= 0.6 is 0 Å². The van der Waals surface area contributed by atoms with Crippen molar-refractivity contribution < 1.29 is 9.53 Å². The number of benzene rings is 1. The minimum atomic E-state index is -0.322. The second-order valence-corrected chi connectivity index (χ2v) is 4.64. The van der Waals surface area contributed by atoms with E-state index in [2.05, 4.69) is 10.6 Å². The molecule has 1 amide bonds. The van der Waals surface area contributed by atoms with E-state index in [9.17, 15) is 4.79 Å². The number of alkyl carbamates (subject to hydrolysis) is 1. The summed E-state index contributed by atoms with van der Waals surface area (Å²) in [6.45, 7) is 3.14. The highest BCUT2D eigenvalue weighted by Gasteiger charge is 2.14. The molecule has 4 nitrogen and oxygen atoms in total. The first-order chi connectivity index (χ1) is 8.84. The molecule has 0 unspecified atom stereocenters. The van der Waals surface area contributed by atoms with Gasteiger partial charge in [0.05, 0.1) is 0 Å². The number of ether oxygens (including phenoxy) is 1. The quantitative estimate of drug-likeness (QED) is 0.855. The van der Waals surface area contributed by atoms with E-state index in [0.29, 0.717) is 12.5 Å². The SMILES string of the molecule is O=C(NCC1CCNCC1)OCc1ccccc1. The number of rotatable bonds is 4. The fraction of sp³-hybridized carbons (Fsp3) is 0.500. The molecule has 0 bridgehead atoms. The van der Waals surface area contributed by atoms with E-state index in [0.717, 1.165) is 38.0 Å². The van der Waals surface area contributed by atoms with Crippen LogP contribution in [0.15, 0.2) is 30.3 Å². The summed E-state index contributed by atoms with van der Waals surface area (Å²) >= 11 is 0. The highest BCUT2D eigenvalue weighted by atomic mass is 16.5. The first-order valence-corrected chi connectivity index (χ1v) is 6.50. The Balaban J connectivity index is 1.63. The molecule has 2 N–H and O–H groups in total. The average molecular weight is 248 g/mol. The zero-order valence-corrected chi connectivity index (χ0v) is 10.5. The van der Waals surface area contributed by atoms with Gasteiger partial charge in [0.2, 0.25) is 0 Å². The van der Waals surface area contributed by atoms with Crippen LogP contribution in [0.3, 0.4) is 0 Å². The first-order valence-electron chi connectivity index (χ1n) is 6.50. The zero-order chi connectivity index (χ0) is 12.6. The number of amides is 1. The molecule has 98 valence electrons. The Bertz CT molecular complexity index is 361. The Hall–Kier alpha value is -1.55. The third-order valence-corrected chi connectivity index (χ3v) is 3.21. The monoisotopic (exact) mass is 248 g/mol. The van der Waals surface area contributed by atoms with Gasteiger partial charge in [-0.3, -0.25) is 0 Å². The van der Waals surface area contributed by atoms with Crippen molar-refractivity contribution >= 4 is 6.09 Å². The van der Waals surface area contributed by atoms with Crippen molar-refractivity contribution in [2.45, 2.75) is 19.4 Å². The summed E-state index contributed by atoms with van der Waals surface area (Å²) in [4.78, 5) is 11.5. The van der Waals surface area contributed by atoms with Crippen molar-refractivity contribution in [1.82, 2.24) is 10.6 Å². The molecule has 1 heterocycles. The predicted molar refractivity (Wildman–Crippen MR) is 70.2 cm³/mol. The predicted octanol–water partition coefficient (Wildman–Crippen LogP) is 1.91. The van der Waals surface area contributed by atoms with Gasteiger partial charge in [-0.15, -0.1) is 0 Å². The summed E-state index contributed by atoms with van der Waals surface area (Å²) in [6, 6.07) is 9.71. The smallest absolute Gasteiger partial charge is 0.407 e. The number of carbonyl (C=O) groups excluding carboxylic acids is 1. The van der Waals surface area contributed by atoms with Gasteiger partial charge in [0.1, 0.15) is 6.61 Å². The van der Waals surface area contributed by atoms with Crippen LogP contribution in [0.25, 0.3) is 0 Å². The van der Waals surface area contributed by atoms with Gasteiger partial charge in [0.25, 0.3) is 0 Å². The van der Waals surface area contributed by atoms with Gasteiger partial charge in [-0.25, -0.2) is 4.79 Å². The Morgan fingerprint density at radius 2 is 2.00 bits per heavy atom. The van der Waals surface area contributed by atoms with Crippen LogP contribution in [0.4, 0.5) is 4.79 Å². The van der Waals surface area contributed by atoms with Crippen LogP contribution < -0.4 is 10.6 Å². The summed E-state index contributed by atoms with van der Waals surface area (Å²) in [7, 11) is 0. The standard InChI is InChI=1S/C14H20N2O2/c17-14(16-10-12-6-8-15-9-7-12)18-11-13-4-2-1-3-5-13/h1-5,12,15H,6-11H2,(H,16,17). The minimum absolute atomic E-state index is 0.322. The molecule has 18 heavy (non-hydrogen) atoms. The summed E-state index contributed by atoms with van der Waals surface area (Å²) < 4.78 is 5.15. The third kappa shape index (κ3) is 4.37. The minimum Gasteiger partial charge on any atom is -0.445 e. The summed E-state index contributed by atoms with van der Waals surface area (Å²) in [5, 5.41) is 6.14. The summed E-state index contributed by atoms with van der Waals surface area (Å²) in [5.41, 5.74) is 1.01. The zero-order valence-electron chi connectivity index (χ0n) is 10.5. The van der Waals surface area contributed by atoms with Crippen molar-refractivity contribution in [3.63, 3.8) is 0 Å². The molecule has 0 radical (unpaired) electrons. The number of nitrogens with one attached hydrogen (secondary N) is 2. The van der Waals surface area contributed by atoms with Crippen LogP contribution in [0.2, 0.25) is 0 Å². The lowest BCUT2D eigenvalue weighted by molar-refractivity contribution is 0.137. The fourth-order valence-electron chi connectivity index (χ4n) is 2.09. The van der Waals surface area contributed by atoms with Crippen molar-refractivity contribution in [3.8, 4) is 0 Å². The third-order valence-electron chi connectivity index (χ3n) is 3.21. The van der Waals surface area contributed by atoms with Crippen molar-refractivity contribution in [2.75, 3.05) is 19.6 Å². The highest BCUT2D eigenvalue weighted by molar-refractivity contribution is 5.67. The number of hydrogen-bond acceptors (Lipinski definition) is 3. The van der Waals surface area contributed by atoms with Gasteiger partial charge in [0.15, 0.2) is 0 Å². The first kappa shape index (κ1) is 12.9. The van der Waals surface area contributed by atoms with Crippen LogP contribution in [0.5, 0.6) is 0 Å². The molecule has 0 spiro atoms. The van der Waals surface area contributed by atoms with Crippen LogP contribution in [0, 0.1) is 5.92 Å². The van der Waals surface area contributed by atoms with Crippen LogP contribution in [-0.4, -0.2) is 25.7 Å². The molecule has 1 aliphatic heterocycles.